The Morgan fingerprint density at radius 3 is 2.29 bits per heavy atom. The summed E-state index contributed by atoms with van der Waals surface area (Å²) >= 11 is 0.759. The summed E-state index contributed by atoms with van der Waals surface area (Å²) in [5.74, 6) is -1.41. The maximum atomic E-state index is 14.2. The van der Waals surface area contributed by atoms with Crippen LogP contribution in [0.25, 0.3) is 10.4 Å². The molecule has 8 nitrogen and oxygen atoms in total. The summed E-state index contributed by atoms with van der Waals surface area (Å²) < 4.78 is 67.3. The van der Waals surface area contributed by atoms with Gasteiger partial charge in [0.05, 0.1) is 23.6 Å². The Balaban J connectivity index is 1.55. The van der Waals surface area contributed by atoms with Crippen molar-refractivity contribution in [3.8, 4) is 10.4 Å². The molecule has 3 aliphatic heterocycles. The summed E-state index contributed by atoms with van der Waals surface area (Å²) in [6.07, 6.45) is -3.43. The van der Waals surface area contributed by atoms with E-state index < -0.39 is 47.4 Å². The van der Waals surface area contributed by atoms with Crippen LogP contribution in [0.4, 0.5) is 27.8 Å². The Morgan fingerprint density at radius 1 is 1.16 bits per heavy atom. The summed E-state index contributed by atoms with van der Waals surface area (Å²) in [5.41, 5.74) is -2.01. The molecule has 1 atom stereocenters. The van der Waals surface area contributed by atoms with E-state index in [4.69, 9.17) is 0 Å². The van der Waals surface area contributed by atoms with Crippen molar-refractivity contribution in [3.05, 3.63) is 28.5 Å². The predicted octanol–water partition coefficient (Wildman–Crippen LogP) is 4.48. The number of thiazole rings is 1. The number of nitrogens with zero attached hydrogens (tertiary/aromatic N) is 4. The maximum Gasteiger partial charge on any atom is 0.408 e. The molecule has 2 aromatic heterocycles. The van der Waals surface area contributed by atoms with Crippen molar-refractivity contribution in [2.45, 2.75) is 75.9 Å². The third-order valence-electron chi connectivity index (χ3n) is 7.32. The van der Waals surface area contributed by atoms with E-state index in [1.165, 1.54) is 4.90 Å². The average molecular weight is 560 g/mol. The van der Waals surface area contributed by atoms with Gasteiger partial charge in [-0.25, -0.2) is 18.7 Å². The molecule has 2 bridgehead atoms. The molecule has 2 aromatic rings. The molecule has 0 aromatic carbocycles. The Kier molecular flexibility index (Phi) is 6.61. The van der Waals surface area contributed by atoms with Crippen LogP contribution in [0.1, 0.15) is 71.8 Å². The minimum Gasteiger partial charge on any atom is -0.386 e. The standard InChI is InChI=1S/C24H26F5N5O3S/c1-11(24(27,28)29)31-16-7-14(19(25)26)15(8-30-16)18-17(21(35)34-12-3-4-13(34)6-5-12)32-20(38-18)22(36)33-9-23(2,37)10-33/h7-8,11-13,19,37H,3-6,9-10H2,1-2H3,(H,30,31)/t11-,12-,13+/m0/s1. The number of amides is 2. The summed E-state index contributed by atoms with van der Waals surface area (Å²) in [6.45, 7) is 2.52. The molecular weight excluding hydrogens is 533 g/mol. The first kappa shape index (κ1) is 26.7. The van der Waals surface area contributed by atoms with E-state index in [2.05, 4.69) is 15.3 Å². The van der Waals surface area contributed by atoms with Crippen LogP contribution in [-0.2, 0) is 0 Å². The highest BCUT2D eigenvalue weighted by molar-refractivity contribution is 7.17. The molecule has 0 unspecified atom stereocenters. The van der Waals surface area contributed by atoms with E-state index in [0.29, 0.717) is 0 Å². The van der Waals surface area contributed by atoms with Gasteiger partial charge in [0.25, 0.3) is 18.2 Å². The number of aliphatic hydroxyl groups is 1. The van der Waals surface area contributed by atoms with Gasteiger partial charge in [-0.2, -0.15) is 13.2 Å². The largest absolute Gasteiger partial charge is 0.408 e. The van der Waals surface area contributed by atoms with Crippen LogP contribution in [0.5, 0.6) is 0 Å². The lowest BCUT2D eigenvalue weighted by molar-refractivity contribution is -0.138. The number of halogens is 5. The number of nitrogens with one attached hydrogen (secondary N) is 1. The fourth-order valence-electron chi connectivity index (χ4n) is 5.38. The van der Waals surface area contributed by atoms with Gasteiger partial charge >= 0.3 is 6.18 Å². The van der Waals surface area contributed by atoms with Crippen LogP contribution in [0.3, 0.4) is 0 Å². The Hall–Kier alpha value is -2.87. The number of hydrogen-bond acceptors (Lipinski definition) is 7. The highest BCUT2D eigenvalue weighted by atomic mass is 32.1. The van der Waals surface area contributed by atoms with Crippen molar-refractivity contribution in [3.63, 3.8) is 0 Å². The first-order chi connectivity index (χ1) is 17.7. The number of fused-ring (bicyclic) bond motifs is 2. The number of carbonyl (C=O) groups is 2. The minimum atomic E-state index is -4.62. The summed E-state index contributed by atoms with van der Waals surface area (Å²) in [6, 6.07) is -1.19. The predicted molar refractivity (Wildman–Crippen MR) is 128 cm³/mol. The second-order valence-corrected chi connectivity index (χ2v) is 11.4. The number of pyridine rings is 1. The van der Waals surface area contributed by atoms with Crippen molar-refractivity contribution in [2.75, 3.05) is 18.4 Å². The number of rotatable bonds is 6. The van der Waals surface area contributed by atoms with E-state index in [-0.39, 0.29) is 46.3 Å². The van der Waals surface area contributed by atoms with E-state index in [1.54, 1.807) is 11.8 Å². The molecule has 3 saturated heterocycles. The van der Waals surface area contributed by atoms with Gasteiger partial charge in [-0.3, -0.25) is 9.59 Å². The van der Waals surface area contributed by atoms with Gasteiger partial charge in [-0.05, 0) is 45.6 Å². The lowest BCUT2D eigenvalue weighted by Gasteiger charge is -2.43. The zero-order chi connectivity index (χ0) is 27.6. The van der Waals surface area contributed by atoms with Crippen LogP contribution in [0.2, 0.25) is 0 Å². The SMILES string of the molecule is C[C@H](Nc1cc(C(F)F)c(-c2sc(C(=O)N3CC(C)(O)C3)nc2C(=O)N2[C@H]3CC[C@@H]2CC3)cn1)C(F)(F)F. The van der Waals surface area contributed by atoms with Crippen molar-refractivity contribution >= 4 is 29.0 Å². The topological polar surface area (TPSA) is 98.7 Å². The van der Waals surface area contributed by atoms with Gasteiger partial charge in [0.1, 0.15) is 17.6 Å². The monoisotopic (exact) mass is 559 g/mol. The second kappa shape index (κ2) is 9.40. The van der Waals surface area contributed by atoms with Crippen molar-refractivity contribution in [1.82, 2.24) is 19.8 Å². The number of likely N-dealkylation sites (tertiary alicyclic amines) is 1. The van der Waals surface area contributed by atoms with Gasteiger partial charge in [0.2, 0.25) is 0 Å². The molecule has 0 aliphatic carbocycles. The van der Waals surface area contributed by atoms with Crippen molar-refractivity contribution in [2.24, 2.45) is 0 Å². The zero-order valence-corrected chi connectivity index (χ0v) is 21.4. The molecule has 0 saturated carbocycles. The van der Waals surface area contributed by atoms with Crippen molar-refractivity contribution in [1.29, 1.82) is 0 Å². The van der Waals surface area contributed by atoms with E-state index in [9.17, 15) is 36.6 Å². The normalized spacial score (nSPS) is 23.1. The molecule has 206 valence electrons. The summed E-state index contributed by atoms with van der Waals surface area (Å²) in [7, 11) is 0. The van der Waals surface area contributed by atoms with Gasteiger partial charge in [-0.1, -0.05) is 0 Å². The molecule has 5 heterocycles. The quantitative estimate of drug-likeness (QED) is 0.507. The van der Waals surface area contributed by atoms with Crippen molar-refractivity contribution < 1.29 is 36.6 Å². The van der Waals surface area contributed by atoms with Crippen LogP contribution in [0, 0.1) is 0 Å². The molecule has 14 heteroatoms. The van der Waals surface area contributed by atoms with Crippen LogP contribution >= 0.6 is 11.3 Å². The number of carbonyl (C=O) groups excluding carboxylic acids is 2. The molecule has 3 fully saturated rings. The summed E-state index contributed by atoms with van der Waals surface area (Å²) in [5, 5.41) is 12.0. The molecule has 0 spiro atoms. The smallest absolute Gasteiger partial charge is 0.386 e. The van der Waals surface area contributed by atoms with Crippen LogP contribution in [0.15, 0.2) is 12.3 Å². The second-order valence-electron chi connectivity index (χ2n) is 10.4. The molecule has 0 radical (unpaired) electrons. The van der Waals surface area contributed by atoms with Crippen LogP contribution in [-0.4, -0.2) is 79.7 Å². The zero-order valence-electron chi connectivity index (χ0n) is 20.6. The molecule has 5 rings (SSSR count). The van der Waals surface area contributed by atoms with E-state index in [1.807, 2.05) is 0 Å². The molecule has 2 N–H and O–H groups in total. The molecule has 3 aliphatic rings. The number of β-amino-alcohol motifs (C(OH)–C–C–N with tert-alkyl or cyclic N) is 1. The minimum absolute atomic E-state index is 0.00908. The Bertz CT molecular complexity index is 1240. The summed E-state index contributed by atoms with van der Waals surface area (Å²) in [4.78, 5) is 38.0. The average Bonchev–Trinajstić information content (AvgIpc) is 3.55. The Labute approximate surface area is 218 Å². The first-order valence-corrected chi connectivity index (χ1v) is 13.0. The fraction of sp³-hybridized carbons (Fsp3) is 0.583. The van der Waals surface area contributed by atoms with Gasteiger partial charge in [0, 0.05) is 29.4 Å². The van der Waals surface area contributed by atoms with Crippen LogP contribution < -0.4 is 5.32 Å². The molecular formula is C24H26F5N5O3S. The fourth-order valence-corrected chi connectivity index (χ4v) is 6.44. The van der Waals surface area contributed by atoms with E-state index in [0.717, 1.165) is 56.2 Å². The third-order valence-corrected chi connectivity index (χ3v) is 8.40. The number of hydrogen-bond donors (Lipinski definition) is 2. The van der Waals surface area contributed by atoms with Gasteiger partial charge < -0.3 is 20.2 Å². The first-order valence-electron chi connectivity index (χ1n) is 12.2. The molecule has 38 heavy (non-hydrogen) atoms. The Morgan fingerprint density at radius 2 is 1.76 bits per heavy atom. The number of aromatic nitrogens is 2. The highest BCUT2D eigenvalue weighted by Crippen LogP contribution is 2.43. The van der Waals surface area contributed by atoms with Gasteiger partial charge in [0.15, 0.2) is 5.01 Å². The number of alkyl halides is 5. The third kappa shape index (κ3) is 4.83. The lowest BCUT2D eigenvalue weighted by Crippen LogP contribution is -2.61. The van der Waals surface area contributed by atoms with Gasteiger partial charge in [-0.15, -0.1) is 11.3 Å². The number of anilines is 1. The maximum absolute atomic E-state index is 14.2. The highest BCUT2D eigenvalue weighted by Gasteiger charge is 2.45. The lowest BCUT2D eigenvalue weighted by atomic mass is 9.97. The van der Waals surface area contributed by atoms with E-state index >= 15 is 0 Å². The molecule has 2 amide bonds.